The van der Waals surface area contributed by atoms with Crippen LogP contribution in [0.1, 0.15) is 48.9 Å². The number of nitrogens with zero attached hydrogens (tertiary/aromatic N) is 4. The smallest absolute Gasteiger partial charge is 0.324 e. The zero-order chi connectivity index (χ0) is 24.8. The van der Waals surface area contributed by atoms with Gasteiger partial charge < -0.3 is 5.11 Å². The van der Waals surface area contributed by atoms with Crippen LogP contribution >= 0.6 is 0 Å². The molecule has 0 amide bonds. The molecule has 4 rings (SSSR count). The molecule has 1 N–H and O–H groups in total. The SMILES string of the molecule is O=C(CC1CCC2CCCCN21)c1ccccc1.O=[N+]([O-])c1cc([N+](=O)[O-])c(O)c([N+](=O)[O-])c1. The number of benzene rings is 2. The van der Waals surface area contributed by atoms with Crippen molar-refractivity contribution in [1.29, 1.82) is 0 Å². The molecule has 0 bridgehead atoms. The second-order valence-electron chi connectivity index (χ2n) is 8.22. The summed E-state index contributed by atoms with van der Waals surface area (Å²) in [5.41, 5.74) is -2.13. The lowest BCUT2D eigenvalue weighted by atomic mass is 10.0. The summed E-state index contributed by atoms with van der Waals surface area (Å²) < 4.78 is 0. The van der Waals surface area contributed by atoms with Gasteiger partial charge in [0, 0.05) is 24.1 Å². The number of carbonyl (C=O) groups excluding carboxylic acids is 1. The maximum absolute atomic E-state index is 12.2. The lowest BCUT2D eigenvalue weighted by molar-refractivity contribution is -0.404. The number of hydrogen-bond acceptors (Lipinski definition) is 9. The van der Waals surface area contributed by atoms with Crippen molar-refractivity contribution in [3.63, 3.8) is 0 Å². The minimum atomic E-state index is -1.21. The molecule has 2 heterocycles. The predicted octanol–water partition coefficient (Wildman–Crippen LogP) is 4.39. The average Bonchev–Trinajstić information content (AvgIpc) is 3.22. The molecule has 2 saturated heterocycles. The highest BCUT2D eigenvalue weighted by atomic mass is 16.6. The predicted molar refractivity (Wildman–Crippen MR) is 121 cm³/mol. The third-order valence-electron chi connectivity index (χ3n) is 6.15. The van der Waals surface area contributed by atoms with Crippen LogP contribution in [0.3, 0.4) is 0 Å². The molecule has 2 aliphatic heterocycles. The van der Waals surface area contributed by atoms with E-state index < -0.39 is 37.6 Å². The number of ketones is 1. The standard InChI is InChI=1S/C16H21NO.C6H3N3O7/c18-16(13-6-2-1-3-7-13)12-15-10-9-14-8-4-5-11-17(14)15;10-6-4(8(13)14)1-3(7(11)12)2-5(6)9(15)16/h1-3,6-7,14-15H,4-5,8-12H2;1-2,10H. The van der Waals surface area contributed by atoms with E-state index in [1.165, 1.54) is 38.6 Å². The van der Waals surface area contributed by atoms with Crippen molar-refractivity contribution in [2.45, 2.75) is 50.6 Å². The molecule has 12 heteroatoms. The molecular formula is C22H24N4O8. The second kappa shape index (κ2) is 10.8. The van der Waals surface area contributed by atoms with E-state index in [-0.39, 0.29) is 0 Å². The number of hydrogen-bond donors (Lipinski definition) is 1. The van der Waals surface area contributed by atoms with Gasteiger partial charge in [0.25, 0.3) is 11.4 Å². The number of carbonyl (C=O) groups is 1. The van der Waals surface area contributed by atoms with E-state index in [4.69, 9.17) is 5.11 Å². The summed E-state index contributed by atoms with van der Waals surface area (Å²) in [5.74, 6) is -0.896. The summed E-state index contributed by atoms with van der Waals surface area (Å²) in [6, 6.07) is 11.9. The number of phenols is 1. The van der Waals surface area contributed by atoms with Gasteiger partial charge in [0.05, 0.1) is 26.9 Å². The Balaban J connectivity index is 0.000000192. The fourth-order valence-corrected chi connectivity index (χ4v) is 4.51. The summed E-state index contributed by atoms with van der Waals surface area (Å²) in [7, 11) is 0. The lowest BCUT2D eigenvalue weighted by Crippen LogP contribution is -2.40. The van der Waals surface area contributed by atoms with Gasteiger partial charge in [-0.25, -0.2) is 0 Å². The molecule has 2 unspecified atom stereocenters. The van der Waals surface area contributed by atoms with E-state index in [1.54, 1.807) is 0 Å². The Morgan fingerprint density at radius 3 is 2.09 bits per heavy atom. The molecule has 34 heavy (non-hydrogen) atoms. The van der Waals surface area contributed by atoms with Crippen molar-refractivity contribution in [1.82, 2.24) is 4.90 Å². The second-order valence-corrected chi connectivity index (χ2v) is 8.22. The van der Waals surface area contributed by atoms with E-state index in [9.17, 15) is 35.1 Å². The summed E-state index contributed by atoms with van der Waals surface area (Å²) in [4.78, 5) is 42.6. The molecule has 0 aromatic heterocycles. The van der Waals surface area contributed by atoms with Gasteiger partial charge >= 0.3 is 11.4 Å². The van der Waals surface area contributed by atoms with Gasteiger partial charge in [-0.1, -0.05) is 36.8 Å². The molecule has 2 aliphatic rings. The van der Waals surface area contributed by atoms with Crippen molar-refractivity contribution in [2.24, 2.45) is 0 Å². The normalized spacial score (nSPS) is 19.4. The molecule has 2 atom stereocenters. The van der Waals surface area contributed by atoms with Crippen molar-refractivity contribution in [3.05, 3.63) is 78.4 Å². The van der Waals surface area contributed by atoms with Gasteiger partial charge in [-0.15, -0.1) is 0 Å². The highest BCUT2D eigenvalue weighted by Gasteiger charge is 2.35. The van der Waals surface area contributed by atoms with Crippen LogP contribution < -0.4 is 0 Å². The Hall–Kier alpha value is -3.93. The largest absolute Gasteiger partial charge is 0.497 e. The summed E-state index contributed by atoms with van der Waals surface area (Å²) in [6.45, 7) is 1.21. The topological polar surface area (TPSA) is 170 Å². The van der Waals surface area contributed by atoms with Crippen LogP contribution in [0.15, 0.2) is 42.5 Å². The first-order valence-electron chi connectivity index (χ1n) is 10.8. The molecule has 2 fully saturated rings. The van der Waals surface area contributed by atoms with Crippen LogP contribution in [0.4, 0.5) is 17.1 Å². The van der Waals surface area contributed by atoms with E-state index in [0.717, 1.165) is 11.6 Å². The van der Waals surface area contributed by atoms with Crippen LogP contribution in [0.5, 0.6) is 5.75 Å². The van der Waals surface area contributed by atoms with Crippen LogP contribution in [-0.4, -0.2) is 49.2 Å². The zero-order valence-electron chi connectivity index (χ0n) is 18.2. The highest BCUT2D eigenvalue weighted by molar-refractivity contribution is 5.96. The zero-order valence-corrected chi connectivity index (χ0v) is 18.2. The maximum atomic E-state index is 12.2. The van der Waals surface area contributed by atoms with E-state index in [2.05, 4.69) is 4.90 Å². The third-order valence-corrected chi connectivity index (χ3v) is 6.15. The van der Waals surface area contributed by atoms with Crippen molar-refractivity contribution >= 4 is 22.8 Å². The van der Waals surface area contributed by atoms with Gasteiger partial charge in [0.2, 0.25) is 0 Å². The highest BCUT2D eigenvalue weighted by Crippen LogP contribution is 2.39. The van der Waals surface area contributed by atoms with Crippen molar-refractivity contribution in [3.8, 4) is 5.75 Å². The summed E-state index contributed by atoms with van der Waals surface area (Å²) in [5, 5.41) is 40.2. The van der Waals surface area contributed by atoms with Crippen LogP contribution in [-0.2, 0) is 0 Å². The monoisotopic (exact) mass is 472 g/mol. The van der Waals surface area contributed by atoms with Gasteiger partial charge in [0.1, 0.15) is 0 Å². The molecule has 180 valence electrons. The minimum absolute atomic E-state index is 0.312. The Kier molecular flexibility index (Phi) is 7.84. The summed E-state index contributed by atoms with van der Waals surface area (Å²) >= 11 is 0. The quantitative estimate of drug-likeness (QED) is 0.363. The third kappa shape index (κ3) is 5.70. The molecule has 0 radical (unpaired) electrons. The Bertz CT molecular complexity index is 1060. The van der Waals surface area contributed by atoms with E-state index >= 15 is 0 Å². The Labute approximate surface area is 194 Å². The first kappa shape index (κ1) is 24.7. The van der Waals surface area contributed by atoms with Crippen LogP contribution in [0.2, 0.25) is 0 Å². The first-order chi connectivity index (χ1) is 16.2. The number of aromatic hydroxyl groups is 1. The fourth-order valence-electron chi connectivity index (χ4n) is 4.51. The molecule has 2 aromatic rings. The van der Waals surface area contributed by atoms with Crippen LogP contribution in [0.25, 0.3) is 0 Å². The van der Waals surface area contributed by atoms with Gasteiger partial charge in [0.15, 0.2) is 5.78 Å². The summed E-state index contributed by atoms with van der Waals surface area (Å²) in [6.07, 6.45) is 7.25. The number of nitro groups is 3. The number of rotatable bonds is 6. The van der Waals surface area contributed by atoms with Crippen LogP contribution in [0, 0.1) is 30.3 Å². The fraction of sp³-hybridized carbons (Fsp3) is 0.409. The Morgan fingerprint density at radius 2 is 1.53 bits per heavy atom. The average molecular weight is 472 g/mol. The Morgan fingerprint density at radius 1 is 0.912 bits per heavy atom. The molecule has 0 aliphatic carbocycles. The molecule has 12 nitrogen and oxygen atoms in total. The number of nitro benzene ring substituents is 3. The van der Waals surface area contributed by atoms with E-state index in [1.807, 2.05) is 30.3 Å². The van der Waals surface area contributed by atoms with Crippen molar-refractivity contribution in [2.75, 3.05) is 6.54 Å². The number of phenolic OH excluding ortho intramolecular Hbond substituents is 1. The molecule has 0 spiro atoms. The maximum Gasteiger partial charge on any atom is 0.324 e. The number of Topliss-reactive ketones (excluding diaryl/α,β-unsaturated/α-hetero) is 1. The number of piperidine rings is 1. The van der Waals surface area contributed by atoms with Crippen molar-refractivity contribution < 1.29 is 24.7 Å². The first-order valence-corrected chi connectivity index (χ1v) is 10.8. The molecular weight excluding hydrogens is 448 g/mol. The molecule has 2 aromatic carbocycles. The van der Waals surface area contributed by atoms with Gasteiger partial charge in [-0.3, -0.25) is 40.0 Å². The number of fused-ring (bicyclic) bond motifs is 1. The molecule has 0 saturated carbocycles. The van der Waals surface area contributed by atoms with E-state index in [0.29, 0.717) is 30.4 Å². The number of non-ortho nitro benzene ring substituents is 1. The minimum Gasteiger partial charge on any atom is -0.497 e. The van der Waals surface area contributed by atoms with Gasteiger partial charge in [-0.05, 0) is 32.2 Å². The lowest BCUT2D eigenvalue weighted by Gasteiger charge is -2.33. The van der Waals surface area contributed by atoms with Gasteiger partial charge in [-0.2, -0.15) is 0 Å².